The molecule has 106 valence electrons. The van der Waals surface area contributed by atoms with E-state index < -0.39 is 26.5 Å². The normalized spacial score (nSPS) is 11.5. The SMILES string of the molecule is CCNCCNS(=O)(=O)c1ccc(F)c([N+](=O)[O-])c1. The Morgan fingerprint density at radius 3 is 2.63 bits per heavy atom. The summed E-state index contributed by atoms with van der Waals surface area (Å²) >= 11 is 0. The average molecular weight is 291 g/mol. The lowest BCUT2D eigenvalue weighted by Crippen LogP contribution is -2.31. The van der Waals surface area contributed by atoms with E-state index in [1.54, 1.807) is 0 Å². The quantitative estimate of drug-likeness (QED) is 0.435. The monoisotopic (exact) mass is 291 g/mol. The Bertz CT molecular complexity index is 562. The number of nitro benzene ring substituents is 1. The van der Waals surface area contributed by atoms with Crippen molar-refractivity contribution < 1.29 is 17.7 Å². The van der Waals surface area contributed by atoms with Crippen molar-refractivity contribution in [3.63, 3.8) is 0 Å². The topological polar surface area (TPSA) is 101 Å². The van der Waals surface area contributed by atoms with E-state index in [9.17, 15) is 22.9 Å². The molecule has 9 heteroatoms. The van der Waals surface area contributed by atoms with E-state index in [4.69, 9.17) is 0 Å². The highest BCUT2D eigenvalue weighted by Crippen LogP contribution is 2.21. The third kappa shape index (κ3) is 4.23. The number of nitrogens with zero attached hydrogens (tertiary/aromatic N) is 1. The second kappa shape index (κ2) is 6.55. The van der Waals surface area contributed by atoms with E-state index in [2.05, 4.69) is 10.0 Å². The standard InChI is InChI=1S/C10H14FN3O4S/c1-2-12-5-6-13-19(17,18)8-3-4-9(11)10(7-8)14(15)16/h3-4,7,12-13H,2,5-6H2,1H3. The summed E-state index contributed by atoms with van der Waals surface area (Å²) < 4.78 is 38.9. The number of benzene rings is 1. The Hall–Kier alpha value is -1.58. The minimum Gasteiger partial charge on any atom is -0.316 e. The largest absolute Gasteiger partial charge is 0.316 e. The van der Waals surface area contributed by atoms with Crippen LogP contribution < -0.4 is 10.0 Å². The van der Waals surface area contributed by atoms with Crippen LogP contribution in [0.5, 0.6) is 0 Å². The highest BCUT2D eigenvalue weighted by molar-refractivity contribution is 7.89. The zero-order valence-electron chi connectivity index (χ0n) is 10.2. The lowest BCUT2D eigenvalue weighted by Gasteiger charge is -2.07. The van der Waals surface area contributed by atoms with Crippen LogP contribution in [-0.2, 0) is 10.0 Å². The Kier molecular flexibility index (Phi) is 5.33. The van der Waals surface area contributed by atoms with Crippen molar-refractivity contribution in [1.82, 2.24) is 10.0 Å². The van der Waals surface area contributed by atoms with E-state index >= 15 is 0 Å². The molecule has 0 saturated carbocycles. The van der Waals surface area contributed by atoms with Crippen molar-refractivity contribution in [2.24, 2.45) is 0 Å². The number of nitrogens with one attached hydrogen (secondary N) is 2. The molecule has 0 aliphatic heterocycles. The first-order chi connectivity index (χ1) is 8.88. The number of hydrogen-bond acceptors (Lipinski definition) is 5. The van der Waals surface area contributed by atoms with Crippen molar-refractivity contribution in [3.05, 3.63) is 34.1 Å². The van der Waals surface area contributed by atoms with Gasteiger partial charge < -0.3 is 5.32 Å². The zero-order valence-corrected chi connectivity index (χ0v) is 11.0. The molecule has 0 fully saturated rings. The molecule has 1 aromatic rings. The molecule has 0 unspecified atom stereocenters. The molecule has 0 spiro atoms. The second-order valence-electron chi connectivity index (χ2n) is 3.62. The van der Waals surface area contributed by atoms with E-state index in [1.807, 2.05) is 6.92 Å². The Morgan fingerprint density at radius 1 is 1.37 bits per heavy atom. The van der Waals surface area contributed by atoms with Gasteiger partial charge >= 0.3 is 5.69 Å². The number of hydrogen-bond donors (Lipinski definition) is 2. The lowest BCUT2D eigenvalue weighted by atomic mass is 10.3. The molecule has 0 saturated heterocycles. The van der Waals surface area contributed by atoms with Gasteiger partial charge in [-0.05, 0) is 18.7 Å². The molecule has 0 radical (unpaired) electrons. The molecule has 0 heterocycles. The Morgan fingerprint density at radius 2 is 2.05 bits per heavy atom. The first-order valence-corrected chi connectivity index (χ1v) is 7.01. The highest BCUT2D eigenvalue weighted by atomic mass is 32.2. The first-order valence-electron chi connectivity index (χ1n) is 5.53. The summed E-state index contributed by atoms with van der Waals surface area (Å²) in [5, 5.41) is 13.5. The maximum absolute atomic E-state index is 13.1. The third-order valence-electron chi connectivity index (χ3n) is 2.27. The van der Waals surface area contributed by atoms with Crippen LogP contribution in [0, 0.1) is 15.9 Å². The van der Waals surface area contributed by atoms with Crippen LogP contribution in [0.2, 0.25) is 0 Å². The van der Waals surface area contributed by atoms with Gasteiger partial charge in [-0.15, -0.1) is 0 Å². The molecule has 0 aromatic heterocycles. The fraction of sp³-hybridized carbons (Fsp3) is 0.400. The lowest BCUT2D eigenvalue weighted by molar-refractivity contribution is -0.387. The molecule has 0 aliphatic carbocycles. The molecule has 7 nitrogen and oxygen atoms in total. The highest BCUT2D eigenvalue weighted by Gasteiger charge is 2.20. The van der Waals surface area contributed by atoms with Crippen LogP contribution >= 0.6 is 0 Å². The van der Waals surface area contributed by atoms with Gasteiger partial charge in [0.15, 0.2) is 0 Å². The summed E-state index contributed by atoms with van der Waals surface area (Å²) in [6.07, 6.45) is 0. The predicted octanol–water partition coefficient (Wildman–Crippen LogP) is 0.622. The fourth-order valence-corrected chi connectivity index (χ4v) is 2.38. The molecule has 19 heavy (non-hydrogen) atoms. The van der Waals surface area contributed by atoms with Crippen molar-refractivity contribution in [2.45, 2.75) is 11.8 Å². The van der Waals surface area contributed by atoms with E-state index in [0.29, 0.717) is 19.2 Å². The van der Waals surface area contributed by atoms with Gasteiger partial charge in [0.2, 0.25) is 15.8 Å². The number of sulfonamides is 1. The summed E-state index contributed by atoms with van der Waals surface area (Å²) in [6.45, 7) is 3.14. The predicted molar refractivity (Wildman–Crippen MR) is 66.8 cm³/mol. The molecule has 0 amide bonds. The number of rotatable bonds is 7. The van der Waals surface area contributed by atoms with Crippen LogP contribution in [0.25, 0.3) is 0 Å². The van der Waals surface area contributed by atoms with Crippen molar-refractivity contribution in [2.75, 3.05) is 19.6 Å². The smallest absolute Gasteiger partial charge is 0.306 e. The molecular weight excluding hydrogens is 277 g/mol. The van der Waals surface area contributed by atoms with Crippen LogP contribution in [0.4, 0.5) is 10.1 Å². The van der Waals surface area contributed by atoms with E-state index in [0.717, 1.165) is 12.1 Å². The Labute approximate surface area is 110 Å². The van der Waals surface area contributed by atoms with Gasteiger partial charge in [-0.25, -0.2) is 13.1 Å². The summed E-state index contributed by atoms with van der Waals surface area (Å²) in [5.41, 5.74) is -0.866. The second-order valence-corrected chi connectivity index (χ2v) is 5.39. The molecular formula is C10H14FN3O4S. The van der Waals surface area contributed by atoms with Crippen LogP contribution in [-0.4, -0.2) is 33.0 Å². The summed E-state index contributed by atoms with van der Waals surface area (Å²) in [5.74, 6) is -1.07. The van der Waals surface area contributed by atoms with Crippen LogP contribution in [0.1, 0.15) is 6.92 Å². The maximum atomic E-state index is 13.1. The van der Waals surface area contributed by atoms with Gasteiger partial charge in [0.25, 0.3) is 0 Å². The van der Waals surface area contributed by atoms with Gasteiger partial charge in [0.1, 0.15) is 0 Å². The molecule has 1 rings (SSSR count). The molecule has 1 aromatic carbocycles. The van der Waals surface area contributed by atoms with Crippen molar-refractivity contribution in [1.29, 1.82) is 0 Å². The van der Waals surface area contributed by atoms with Crippen molar-refractivity contribution >= 4 is 15.7 Å². The summed E-state index contributed by atoms with van der Waals surface area (Å²) in [6, 6.07) is 2.44. The van der Waals surface area contributed by atoms with Crippen molar-refractivity contribution in [3.8, 4) is 0 Å². The summed E-state index contributed by atoms with van der Waals surface area (Å²) in [7, 11) is -3.87. The van der Waals surface area contributed by atoms with Crippen LogP contribution in [0.15, 0.2) is 23.1 Å². The molecule has 2 N–H and O–H groups in total. The summed E-state index contributed by atoms with van der Waals surface area (Å²) in [4.78, 5) is 9.24. The third-order valence-corrected chi connectivity index (χ3v) is 3.73. The van der Waals surface area contributed by atoms with E-state index in [-0.39, 0.29) is 11.4 Å². The number of nitro groups is 1. The number of halogens is 1. The van der Waals surface area contributed by atoms with E-state index in [1.165, 1.54) is 0 Å². The first kappa shape index (κ1) is 15.5. The molecule has 0 bridgehead atoms. The minimum atomic E-state index is -3.87. The fourth-order valence-electron chi connectivity index (χ4n) is 1.33. The number of likely N-dealkylation sites (N-methyl/N-ethyl adjacent to an activating group) is 1. The van der Waals surface area contributed by atoms with Gasteiger partial charge in [0, 0.05) is 19.2 Å². The molecule has 0 atom stereocenters. The average Bonchev–Trinajstić information content (AvgIpc) is 2.34. The van der Waals surface area contributed by atoms with Crippen LogP contribution in [0.3, 0.4) is 0 Å². The zero-order chi connectivity index (χ0) is 14.5. The molecule has 0 aliphatic rings. The van der Waals surface area contributed by atoms with Gasteiger partial charge in [-0.1, -0.05) is 6.92 Å². The Balaban J connectivity index is 2.89. The maximum Gasteiger partial charge on any atom is 0.306 e. The van der Waals surface area contributed by atoms with Gasteiger partial charge in [0.05, 0.1) is 9.82 Å². The van der Waals surface area contributed by atoms with Gasteiger partial charge in [-0.2, -0.15) is 4.39 Å². The minimum absolute atomic E-state index is 0.140. The van der Waals surface area contributed by atoms with Gasteiger partial charge in [-0.3, -0.25) is 10.1 Å².